The minimum Gasteiger partial charge on any atom is -0.481 e. The lowest BCUT2D eigenvalue weighted by atomic mass is 10.0. The average molecular weight is 236 g/mol. The van der Waals surface area contributed by atoms with Crippen molar-refractivity contribution < 1.29 is 9.90 Å². The van der Waals surface area contributed by atoms with E-state index in [0.29, 0.717) is 6.42 Å². The smallest absolute Gasteiger partial charge is 0.312 e. The first kappa shape index (κ1) is 12.2. The van der Waals surface area contributed by atoms with Crippen LogP contribution in [0.3, 0.4) is 0 Å². The van der Waals surface area contributed by atoms with Crippen LogP contribution in [0.5, 0.6) is 0 Å². The number of aromatic nitrogens is 1. The van der Waals surface area contributed by atoms with Gasteiger partial charge in [-0.2, -0.15) is 0 Å². The molecule has 2 rings (SSSR count). The monoisotopic (exact) mass is 236 g/mol. The first-order valence-corrected chi connectivity index (χ1v) is 6.36. The normalized spacial score (nSPS) is 19.1. The number of carboxylic acids is 1. The third-order valence-corrected chi connectivity index (χ3v) is 3.48. The molecule has 1 unspecified atom stereocenters. The Morgan fingerprint density at radius 3 is 2.76 bits per heavy atom. The van der Waals surface area contributed by atoms with Gasteiger partial charge in [0.25, 0.3) is 0 Å². The summed E-state index contributed by atoms with van der Waals surface area (Å²) in [6.07, 6.45) is 6.29. The van der Waals surface area contributed by atoms with Gasteiger partial charge in [-0.1, -0.05) is 6.42 Å². The van der Waals surface area contributed by atoms with E-state index in [0.717, 1.165) is 25.3 Å². The maximum atomic E-state index is 11.2. The molecule has 0 radical (unpaired) electrons. The van der Waals surface area contributed by atoms with Crippen LogP contribution in [-0.2, 0) is 4.79 Å². The van der Waals surface area contributed by atoms with Gasteiger partial charge in [0.1, 0.15) is 0 Å². The minimum atomic E-state index is -0.732. The van der Waals surface area contributed by atoms with Crippen molar-refractivity contribution in [3.8, 4) is 0 Å². The van der Waals surface area contributed by atoms with Crippen LogP contribution in [0, 0.1) is 0 Å². The number of likely N-dealkylation sites (tertiary alicyclic amines) is 1. The number of piperidine rings is 1. The van der Waals surface area contributed by atoms with E-state index >= 15 is 0 Å². The number of H-pyrrole nitrogens is 1. The molecule has 2 heterocycles. The molecule has 0 aromatic carbocycles. The zero-order valence-corrected chi connectivity index (χ0v) is 10.1. The van der Waals surface area contributed by atoms with E-state index in [4.69, 9.17) is 0 Å². The number of hydrogen-bond acceptors (Lipinski definition) is 2. The largest absolute Gasteiger partial charge is 0.481 e. The molecule has 0 spiro atoms. The van der Waals surface area contributed by atoms with Crippen LogP contribution < -0.4 is 0 Å². The Morgan fingerprint density at radius 2 is 2.18 bits per heavy atom. The number of rotatable bonds is 5. The molecule has 0 amide bonds. The second-order valence-corrected chi connectivity index (χ2v) is 4.71. The van der Waals surface area contributed by atoms with Gasteiger partial charge in [0.2, 0.25) is 0 Å². The van der Waals surface area contributed by atoms with Crippen molar-refractivity contribution in [3.63, 3.8) is 0 Å². The lowest BCUT2D eigenvalue weighted by molar-refractivity contribution is -0.139. The molecule has 0 saturated carbocycles. The molecular formula is C13H20N2O2. The molecule has 1 aromatic rings. The molecule has 4 heteroatoms. The molecule has 1 aliphatic rings. The van der Waals surface area contributed by atoms with E-state index in [-0.39, 0.29) is 0 Å². The first-order chi connectivity index (χ1) is 8.27. The predicted octanol–water partition coefficient (Wildman–Crippen LogP) is 2.06. The van der Waals surface area contributed by atoms with E-state index in [9.17, 15) is 9.90 Å². The lowest BCUT2D eigenvalue weighted by Crippen LogP contribution is -2.32. The summed E-state index contributed by atoms with van der Waals surface area (Å²) >= 11 is 0. The Bertz CT molecular complexity index is 342. The molecule has 94 valence electrons. The van der Waals surface area contributed by atoms with Crippen LogP contribution in [-0.4, -0.2) is 40.6 Å². The summed E-state index contributed by atoms with van der Waals surface area (Å²) in [5, 5.41) is 9.24. The van der Waals surface area contributed by atoms with Crippen LogP contribution in [0.2, 0.25) is 0 Å². The summed E-state index contributed by atoms with van der Waals surface area (Å²) in [6.45, 7) is 3.13. The van der Waals surface area contributed by atoms with Gasteiger partial charge in [0.05, 0.1) is 5.92 Å². The molecule has 0 bridgehead atoms. The summed E-state index contributed by atoms with van der Waals surface area (Å²) in [7, 11) is 0. The van der Waals surface area contributed by atoms with Gasteiger partial charge in [-0.15, -0.1) is 0 Å². The average Bonchev–Trinajstić information content (AvgIpc) is 2.84. The quantitative estimate of drug-likeness (QED) is 0.822. The lowest BCUT2D eigenvalue weighted by Gasteiger charge is -2.27. The maximum Gasteiger partial charge on any atom is 0.312 e. The Labute approximate surface area is 102 Å². The molecule has 17 heavy (non-hydrogen) atoms. The van der Waals surface area contributed by atoms with Crippen LogP contribution in [0.25, 0.3) is 0 Å². The number of aromatic amines is 1. The zero-order valence-electron chi connectivity index (χ0n) is 10.1. The number of aliphatic carboxylic acids is 1. The number of carboxylic acid groups (broad SMARTS) is 1. The Hall–Kier alpha value is -1.29. The summed E-state index contributed by atoms with van der Waals surface area (Å²) < 4.78 is 0. The van der Waals surface area contributed by atoms with Gasteiger partial charge in [-0.25, -0.2) is 0 Å². The molecule has 2 N–H and O–H groups in total. The summed E-state index contributed by atoms with van der Waals surface area (Å²) in [5.41, 5.74) is 0.814. The highest BCUT2D eigenvalue weighted by Gasteiger charge is 2.22. The van der Waals surface area contributed by atoms with Gasteiger partial charge in [-0.3, -0.25) is 4.79 Å². The van der Waals surface area contributed by atoms with Crippen molar-refractivity contribution in [2.45, 2.75) is 31.6 Å². The van der Waals surface area contributed by atoms with Crippen molar-refractivity contribution in [2.75, 3.05) is 19.6 Å². The molecule has 0 aliphatic carbocycles. The predicted molar refractivity (Wildman–Crippen MR) is 66.1 cm³/mol. The van der Waals surface area contributed by atoms with Gasteiger partial charge in [0.15, 0.2) is 0 Å². The van der Waals surface area contributed by atoms with Gasteiger partial charge in [-0.05, 0) is 51.0 Å². The van der Waals surface area contributed by atoms with E-state index in [1.165, 1.54) is 19.3 Å². The fourth-order valence-corrected chi connectivity index (χ4v) is 2.47. The van der Waals surface area contributed by atoms with Gasteiger partial charge in [0, 0.05) is 11.9 Å². The molecular weight excluding hydrogens is 216 g/mol. The SMILES string of the molecule is O=C(O)C(CCN1CCCCC1)c1ccc[nH]1. The van der Waals surface area contributed by atoms with Gasteiger partial charge < -0.3 is 15.0 Å². The first-order valence-electron chi connectivity index (χ1n) is 6.36. The molecule has 1 aromatic heterocycles. The highest BCUT2D eigenvalue weighted by molar-refractivity contribution is 5.75. The summed E-state index contributed by atoms with van der Waals surface area (Å²) in [4.78, 5) is 16.6. The zero-order chi connectivity index (χ0) is 12.1. The Balaban J connectivity index is 1.88. The maximum absolute atomic E-state index is 11.2. The Morgan fingerprint density at radius 1 is 1.41 bits per heavy atom. The third kappa shape index (κ3) is 3.33. The second kappa shape index (κ2) is 5.87. The summed E-state index contributed by atoms with van der Waals surface area (Å²) in [5.74, 6) is -1.13. The molecule has 1 fully saturated rings. The number of nitrogens with one attached hydrogen (secondary N) is 1. The van der Waals surface area contributed by atoms with Crippen molar-refractivity contribution in [1.82, 2.24) is 9.88 Å². The highest BCUT2D eigenvalue weighted by atomic mass is 16.4. The van der Waals surface area contributed by atoms with E-state index in [1.807, 2.05) is 12.1 Å². The van der Waals surface area contributed by atoms with Crippen LogP contribution >= 0.6 is 0 Å². The molecule has 1 saturated heterocycles. The van der Waals surface area contributed by atoms with E-state index in [1.54, 1.807) is 6.20 Å². The highest BCUT2D eigenvalue weighted by Crippen LogP contribution is 2.19. The van der Waals surface area contributed by atoms with Crippen molar-refractivity contribution in [2.24, 2.45) is 0 Å². The van der Waals surface area contributed by atoms with Gasteiger partial charge >= 0.3 is 5.97 Å². The fourth-order valence-electron chi connectivity index (χ4n) is 2.47. The standard InChI is InChI=1S/C13H20N2O2/c16-13(17)11(12-5-4-7-14-12)6-10-15-8-2-1-3-9-15/h4-5,7,11,14H,1-3,6,8-10H2,(H,16,17). The van der Waals surface area contributed by atoms with E-state index < -0.39 is 11.9 Å². The fraction of sp³-hybridized carbons (Fsp3) is 0.615. The van der Waals surface area contributed by atoms with Crippen LogP contribution in [0.1, 0.15) is 37.3 Å². The van der Waals surface area contributed by atoms with Crippen LogP contribution in [0.4, 0.5) is 0 Å². The Kier molecular flexibility index (Phi) is 4.20. The number of nitrogens with zero attached hydrogens (tertiary/aromatic N) is 1. The van der Waals surface area contributed by atoms with Crippen molar-refractivity contribution in [1.29, 1.82) is 0 Å². The van der Waals surface area contributed by atoms with Crippen molar-refractivity contribution in [3.05, 3.63) is 24.0 Å². The number of hydrogen-bond donors (Lipinski definition) is 2. The summed E-state index contributed by atoms with van der Waals surface area (Å²) in [6, 6.07) is 3.71. The topological polar surface area (TPSA) is 56.3 Å². The second-order valence-electron chi connectivity index (χ2n) is 4.71. The van der Waals surface area contributed by atoms with Crippen LogP contribution in [0.15, 0.2) is 18.3 Å². The molecule has 4 nitrogen and oxygen atoms in total. The third-order valence-electron chi connectivity index (χ3n) is 3.48. The molecule has 1 atom stereocenters. The van der Waals surface area contributed by atoms with E-state index in [2.05, 4.69) is 9.88 Å². The minimum absolute atomic E-state index is 0.396. The number of carbonyl (C=O) groups is 1. The van der Waals surface area contributed by atoms with Crippen molar-refractivity contribution >= 4 is 5.97 Å². The molecule has 1 aliphatic heterocycles.